The Kier molecular flexibility index (Phi) is 3.33. The average Bonchev–Trinajstić information content (AvgIpc) is 2.75. The van der Waals surface area contributed by atoms with Crippen LogP contribution in [0, 0.1) is 11.3 Å². The SMILES string of the molecule is O=C1NC(=O)C2(CCCC2)[C@@H]1CCCI. The number of rotatable bonds is 3. The molecule has 1 aliphatic heterocycles. The topological polar surface area (TPSA) is 46.2 Å². The highest BCUT2D eigenvalue weighted by Crippen LogP contribution is 2.49. The smallest absolute Gasteiger partial charge is 0.233 e. The van der Waals surface area contributed by atoms with Gasteiger partial charge in [0, 0.05) is 0 Å². The predicted molar refractivity (Wildman–Crippen MR) is 65.7 cm³/mol. The average molecular weight is 321 g/mol. The molecule has 2 amide bonds. The molecule has 1 saturated carbocycles. The fourth-order valence-electron chi connectivity index (χ4n) is 3.00. The molecule has 0 bridgehead atoms. The Morgan fingerprint density at radius 2 is 2.00 bits per heavy atom. The molecule has 0 aromatic rings. The van der Waals surface area contributed by atoms with Gasteiger partial charge in [0.05, 0.1) is 11.3 Å². The second-order valence-electron chi connectivity index (χ2n) is 4.57. The summed E-state index contributed by atoms with van der Waals surface area (Å²) in [5.41, 5.74) is -0.317. The molecule has 0 aromatic carbocycles. The van der Waals surface area contributed by atoms with Gasteiger partial charge < -0.3 is 0 Å². The lowest BCUT2D eigenvalue weighted by Gasteiger charge is -2.25. The number of carbonyl (C=O) groups excluding carboxylic acids is 2. The van der Waals surface area contributed by atoms with Crippen LogP contribution in [0.3, 0.4) is 0 Å². The van der Waals surface area contributed by atoms with Gasteiger partial charge in [-0.2, -0.15) is 0 Å². The van der Waals surface area contributed by atoms with E-state index in [1.807, 2.05) is 0 Å². The molecular formula is C11H16INO2. The Bertz CT molecular complexity index is 284. The van der Waals surface area contributed by atoms with Gasteiger partial charge in [-0.05, 0) is 30.1 Å². The molecule has 4 heteroatoms. The fourth-order valence-corrected chi connectivity index (χ4v) is 3.44. The molecular weight excluding hydrogens is 305 g/mol. The van der Waals surface area contributed by atoms with Gasteiger partial charge in [-0.3, -0.25) is 14.9 Å². The molecule has 0 radical (unpaired) electrons. The van der Waals surface area contributed by atoms with Crippen LogP contribution < -0.4 is 5.32 Å². The highest BCUT2D eigenvalue weighted by molar-refractivity contribution is 14.1. The monoisotopic (exact) mass is 321 g/mol. The number of hydrogen-bond donors (Lipinski definition) is 1. The maximum Gasteiger partial charge on any atom is 0.233 e. The molecule has 1 atom stereocenters. The van der Waals surface area contributed by atoms with Crippen LogP contribution in [0.4, 0.5) is 0 Å². The van der Waals surface area contributed by atoms with Gasteiger partial charge in [0.25, 0.3) is 0 Å². The van der Waals surface area contributed by atoms with Crippen molar-refractivity contribution >= 4 is 34.4 Å². The van der Waals surface area contributed by atoms with E-state index >= 15 is 0 Å². The van der Waals surface area contributed by atoms with Crippen molar-refractivity contribution in [2.75, 3.05) is 4.43 Å². The van der Waals surface area contributed by atoms with Crippen molar-refractivity contribution in [1.82, 2.24) is 5.32 Å². The summed E-state index contributed by atoms with van der Waals surface area (Å²) < 4.78 is 1.06. The van der Waals surface area contributed by atoms with Gasteiger partial charge in [0.1, 0.15) is 0 Å². The van der Waals surface area contributed by atoms with Gasteiger partial charge >= 0.3 is 0 Å². The second-order valence-corrected chi connectivity index (χ2v) is 5.64. The van der Waals surface area contributed by atoms with Crippen LogP contribution in [0.15, 0.2) is 0 Å². The Balaban J connectivity index is 2.17. The molecule has 1 aliphatic carbocycles. The van der Waals surface area contributed by atoms with Crippen molar-refractivity contribution in [1.29, 1.82) is 0 Å². The second kappa shape index (κ2) is 4.39. The molecule has 15 heavy (non-hydrogen) atoms. The highest BCUT2D eigenvalue weighted by Gasteiger charge is 2.55. The molecule has 0 aromatic heterocycles. The number of amides is 2. The minimum Gasteiger partial charge on any atom is -0.296 e. The first kappa shape index (κ1) is 11.4. The van der Waals surface area contributed by atoms with Crippen LogP contribution >= 0.6 is 22.6 Å². The number of hydrogen-bond acceptors (Lipinski definition) is 2. The highest BCUT2D eigenvalue weighted by atomic mass is 127. The summed E-state index contributed by atoms with van der Waals surface area (Å²) in [5, 5.41) is 2.53. The molecule has 1 N–H and O–H groups in total. The summed E-state index contributed by atoms with van der Waals surface area (Å²) in [6.07, 6.45) is 5.93. The van der Waals surface area contributed by atoms with Gasteiger partial charge in [0.2, 0.25) is 11.8 Å². The van der Waals surface area contributed by atoms with Gasteiger partial charge in [-0.15, -0.1) is 0 Å². The van der Waals surface area contributed by atoms with E-state index in [1.165, 1.54) is 0 Å². The van der Waals surface area contributed by atoms with Crippen LogP contribution in [0.5, 0.6) is 0 Å². The van der Waals surface area contributed by atoms with E-state index < -0.39 is 0 Å². The van der Waals surface area contributed by atoms with E-state index in [4.69, 9.17) is 0 Å². The van der Waals surface area contributed by atoms with Crippen LogP contribution in [0.25, 0.3) is 0 Å². The number of carbonyl (C=O) groups is 2. The quantitative estimate of drug-likeness (QED) is 0.491. The summed E-state index contributed by atoms with van der Waals surface area (Å²) in [5.74, 6) is -0.0579. The standard InChI is InChI=1S/C11H16INO2/c12-7-3-4-8-9(14)13-10(15)11(8)5-1-2-6-11/h8H,1-7H2,(H,13,14,15)/t8-/m1/s1. The zero-order valence-electron chi connectivity index (χ0n) is 8.72. The maximum atomic E-state index is 11.8. The van der Waals surface area contributed by atoms with E-state index in [2.05, 4.69) is 27.9 Å². The van der Waals surface area contributed by atoms with Gasteiger partial charge in [-0.25, -0.2) is 0 Å². The van der Waals surface area contributed by atoms with Crippen molar-refractivity contribution in [3.63, 3.8) is 0 Å². The largest absolute Gasteiger partial charge is 0.296 e. The molecule has 1 spiro atoms. The van der Waals surface area contributed by atoms with E-state index in [1.54, 1.807) is 0 Å². The third kappa shape index (κ3) is 1.81. The van der Waals surface area contributed by atoms with Crippen molar-refractivity contribution < 1.29 is 9.59 Å². The predicted octanol–water partition coefficient (Wildman–Crippen LogP) is 2.03. The van der Waals surface area contributed by atoms with Crippen molar-refractivity contribution in [3.8, 4) is 0 Å². The van der Waals surface area contributed by atoms with Gasteiger partial charge in [0.15, 0.2) is 0 Å². The van der Waals surface area contributed by atoms with Crippen LogP contribution in [-0.4, -0.2) is 16.2 Å². The minimum atomic E-state index is -0.317. The summed E-state index contributed by atoms with van der Waals surface area (Å²) >= 11 is 2.32. The third-order valence-corrected chi connectivity index (χ3v) is 4.56. The minimum absolute atomic E-state index is 0.00320. The first-order valence-corrected chi connectivity index (χ1v) is 7.14. The van der Waals surface area contributed by atoms with Crippen LogP contribution in [0.2, 0.25) is 0 Å². The number of alkyl halides is 1. The number of halogens is 1. The molecule has 2 fully saturated rings. The zero-order valence-corrected chi connectivity index (χ0v) is 10.9. The zero-order chi connectivity index (χ0) is 10.9. The Morgan fingerprint density at radius 3 is 2.60 bits per heavy atom. The summed E-state index contributed by atoms with van der Waals surface area (Å²) in [6.45, 7) is 0. The fraction of sp³-hybridized carbons (Fsp3) is 0.818. The van der Waals surface area contributed by atoms with Crippen LogP contribution in [-0.2, 0) is 9.59 Å². The lowest BCUT2D eigenvalue weighted by atomic mass is 9.74. The summed E-state index contributed by atoms with van der Waals surface area (Å²) in [4.78, 5) is 23.6. The van der Waals surface area contributed by atoms with Crippen molar-refractivity contribution in [2.24, 2.45) is 11.3 Å². The molecule has 2 rings (SSSR count). The van der Waals surface area contributed by atoms with Crippen molar-refractivity contribution in [2.45, 2.75) is 38.5 Å². The number of imide groups is 1. The van der Waals surface area contributed by atoms with Gasteiger partial charge in [-0.1, -0.05) is 35.4 Å². The lowest BCUT2D eigenvalue weighted by Crippen LogP contribution is -2.32. The molecule has 0 unspecified atom stereocenters. The van der Waals surface area contributed by atoms with E-state index in [0.717, 1.165) is 43.0 Å². The normalized spacial score (nSPS) is 28.7. The molecule has 3 nitrogen and oxygen atoms in total. The molecule has 1 saturated heterocycles. The summed E-state index contributed by atoms with van der Waals surface area (Å²) in [7, 11) is 0. The Morgan fingerprint density at radius 1 is 1.33 bits per heavy atom. The lowest BCUT2D eigenvalue weighted by molar-refractivity contribution is -0.128. The first-order valence-electron chi connectivity index (χ1n) is 5.62. The van der Waals surface area contributed by atoms with Crippen molar-refractivity contribution in [3.05, 3.63) is 0 Å². The molecule has 1 heterocycles. The number of nitrogens with one attached hydrogen (secondary N) is 1. The first-order chi connectivity index (χ1) is 7.20. The van der Waals surface area contributed by atoms with E-state index in [-0.39, 0.29) is 23.1 Å². The molecule has 84 valence electrons. The maximum absolute atomic E-state index is 11.8. The Hall–Kier alpha value is -0.130. The molecule has 2 aliphatic rings. The van der Waals surface area contributed by atoms with Crippen LogP contribution in [0.1, 0.15) is 38.5 Å². The third-order valence-electron chi connectivity index (χ3n) is 3.79. The van der Waals surface area contributed by atoms with E-state index in [9.17, 15) is 9.59 Å². The Labute approximate surface area is 104 Å². The van der Waals surface area contributed by atoms with E-state index in [0.29, 0.717) is 0 Å². The summed E-state index contributed by atoms with van der Waals surface area (Å²) in [6, 6.07) is 0.